The van der Waals surface area contributed by atoms with Gasteiger partial charge in [-0.25, -0.2) is 0 Å². The molecule has 0 aliphatic carbocycles. The quantitative estimate of drug-likeness (QED) is 0.480. The van der Waals surface area contributed by atoms with E-state index in [1.807, 2.05) is 25.3 Å². The zero-order chi connectivity index (χ0) is 7.40. The molecule has 2 heteroatoms. The van der Waals surface area contributed by atoms with E-state index in [2.05, 4.69) is 9.98 Å². The lowest BCUT2D eigenvalue weighted by Gasteiger charge is -2.02. The molecule has 0 radical (unpaired) electrons. The van der Waals surface area contributed by atoms with Crippen LogP contribution < -0.4 is 0 Å². The smallest absolute Gasteiger partial charge is 0.0670 e. The average Bonchev–Trinajstić information content (AvgIpc) is 2.04. The number of allylic oxidation sites excluding steroid dienone is 3. The second kappa shape index (κ2) is 3.11. The summed E-state index contributed by atoms with van der Waals surface area (Å²) in [5.74, 6) is 0. The fraction of sp³-hybridized carbons (Fsp3) is 0.250. The van der Waals surface area contributed by atoms with Crippen molar-refractivity contribution in [2.45, 2.75) is 6.92 Å². The van der Waals surface area contributed by atoms with Crippen molar-refractivity contribution >= 4 is 11.9 Å². The molecule has 1 heterocycles. The minimum absolute atomic E-state index is 0.998. The molecule has 0 unspecified atom stereocenters. The Balaban J connectivity index is 2.96. The summed E-state index contributed by atoms with van der Waals surface area (Å²) < 4.78 is 0. The fourth-order valence-corrected chi connectivity index (χ4v) is 0.825. The highest BCUT2D eigenvalue weighted by Crippen LogP contribution is 2.01. The highest BCUT2D eigenvalue weighted by Gasteiger charge is 2.00. The molecule has 0 spiro atoms. The highest BCUT2D eigenvalue weighted by atomic mass is 14.7. The van der Waals surface area contributed by atoms with Gasteiger partial charge in [0.25, 0.3) is 0 Å². The van der Waals surface area contributed by atoms with E-state index in [9.17, 15) is 0 Å². The third kappa shape index (κ3) is 1.21. The summed E-state index contributed by atoms with van der Waals surface area (Å²) in [7, 11) is 1.78. The molecule has 0 amide bonds. The first-order chi connectivity index (χ1) is 4.88. The molecule has 2 nitrogen and oxygen atoms in total. The van der Waals surface area contributed by atoms with Gasteiger partial charge in [0.1, 0.15) is 0 Å². The van der Waals surface area contributed by atoms with Crippen LogP contribution in [0.2, 0.25) is 0 Å². The Morgan fingerprint density at radius 2 is 2.40 bits per heavy atom. The van der Waals surface area contributed by atoms with Crippen molar-refractivity contribution in [3.8, 4) is 0 Å². The molecule has 10 heavy (non-hydrogen) atoms. The Labute approximate surface area is 60.7 Å². The predicted octanol–water partition coefficient (Wildman–Crippen LogP) is 1.60. The van der Waals surface area contributed by atoms with Crippen molar-refractivity contribution in [1.82, 2.24) is 0 Å². The van der Waals surface area contributed by atoms with E-state index in [1.54, 1.807) is 13.2 Å². The van der Waals surface area contributed by atoms with Gasteiger partial charge in [0.15, 0.2) is 0 Å². The molecule has 0 aromatic rings. The summed E-state index contributed by atoms with van der Waals surface area (Å²) in [5, 5.41) is 0. The lowest BCUT2D eigenvalue weighted by Crippen LogP contribution is -2.02. The third-order valence-electron chi connectivity index (χ3n) is 1.38. The summed E-state index contributed by atoms with van der Waals surface area (Å²) in [5.41, 5.74) is 2.09. The Hall–Kier alpha value is -1.18. The van der Waals surface area contributed by atoms with Crippen molar-refractivity contribution in [2.24, 2.45) is 9.98 Å². The summed E-state index contributed by atoms with van der Waals surface area (Å²) in [4.78, 5) is 8.04. The van der Waals surface area contributed by atoms with Gasteiger partial charge < -0.3 is 0 Å². The Morgan fingerprint density at radius 3 is 2.90 bits per heavy atom. The maximum Gasteiger partial charge on any atom is 0.0670 e. The number of aliphatic imine (C=N–C) groups is 2. The fourth-order valence-electron chi connectivity index (χ4n) is 0.825. The van der Waals surface area contributed by atoms with Crippen molar-refractivity contribution in [1.29, 1.82) is 0 Å². The molecule has 52 valence electrons. The Bertz CT molecular complexity index is 206. The molecule has 0 atom stereocenters. The molecule has 0 aromatic heterocycles. The number of rotatable bonds is 0. The average molecular weight is 134 g/mol. The molecule has 0 saturated heterocycles. The topological polar surface area (TPSA) is 24.7 Å². The monoisotopic (exact) mass is 134 g/mol. The molecule has 0 aromatic carbocycles. The SMILES string of the molecule is C/C=C1/C=NC=C/C1=N/C. The van der Waals surface area contributed by atoms with E-state index in [0.29, 0.717) is 0 Å². The van der Waals surface area contributed by atoms with Crippen LogP contribution in [0.3, 0.4) is 0 Å². The van der Waals surface area contributed by atoms with Gasteiger partial charge >= 0.3 is 0 Å². The first-order valence-corrected chi connectivity index (χ1v) is 3.21. The van der Waals surface area contributed by atoms with Crippen molar-refractivity contribution in [2.75, 3.05) is 7.05 Å². The Morgan fingerprint density at radius 1 is 1.60 bits per heavy atom. The lowest BCUT2D eigenvalue weighted by molar-refractivity contribution is 1.42. The molecule has 0 saturated carbocycles. The van der Waals surface area contributed by atoms with Gasteiger partial charge in [0.05, 0.1) is 5.71 Å². The lowest BCUT2D eigenvalue weighted by atomic mass is 10.1. The normalized spacial score (nSPS) is 24.6. The van der Waals surface area contributed by atoms with E-state index in [1.165, 1.54) is 0 Å². The van der Waals surface area contributed by atoms with Gasteiger partial charge in [-0.05, 0) is 13.0 Å². The van der Waals surface area contributed by atoms with E-state index < -0.39 is 0 Å². The van der Waals surface area contributed by atoms with Crippen LogP contribution in [0.25, 0.3) is 0 Å². The number of nitrogens with zero attached hydrogens (tertiary/aromatic N) is 2. The summed E-state index contributed by atoms with van der Waals surface area (Å²) in [6, 6.07) is 0. The van der Waals surface area contributed by atoms with Crippen molar-refractivity contribution in [3.05, 3.63) is 23.9 Å². The first-order valence-electron chi connectivity index (χ1n) is 3.21. The second-order valence-electron chi connectivity index (χ2n) is 1.95. The minimum atomic E-state index is 0.998. The zero-order valence-corrected chi connectivity index (χ0v) is 6.20. The number of hydrogen-bond acceptors (Lipinski definition) is 2. The zero-order valence-electron chi connectivity index (χ0n) is 6.20. The van der Waals surface area contributed by atoms with Crippen LogP contribution in [0.5, 0.6) is 0 Å². The molecule has 0 N–H and O–H groups in total. The summed E-state index contributed by atoms with van der Waals surface area (Å²) >= 11 is 0. The van der Waals surface area contributed by atoms with Crippen LogP contribution >= 0.6 is 0 Å². The highest BCUT2D eigenvalue weighted by molar-refractivity contribution is 6.22. The number of hydrogen-bond donors (Lipinski definition) is 0. The minimum Gasteiger partial charge on any atom is -0.288 e. The molecule has 0 bridgehead atoms. The molecule has 1 rings (SSSR count). The standard InChI is InChI=1S/C8H10N2/c1-3-7-6-10-5-4-8(7)9-2/h3-6H,1-2H3/b7-3-,9-8-. The Kier molecular flexibility index (Phi) is 2.15. The van der Waals surface area contributed by atoms with Crippen LogP contribution in [-0.2, 0) is 0 Å². The van der Waals surface area contributed by atoms with E-state index >= 15 is 0 Å². The van der Waals surface area contributed by atoms with Crippen molar-refractivity contribution < 1.29 is 0 Å². The predicted molar refractivity (Wildman–Crippen MR) is 44.7 cm³/mol. The van der Waals surface area contributed by atoms with Gasteiger partial charge in [0, 0.05) is 25.0 Å². The van der Waals surface area contributed by atoms with Gasteiger partial charge in [-0.15, -0.1) is 0 Å². The molecule has 1 aliphatic heterocycles. The van der Waals surface area contributed by atoms with Crippen LogP contribution in [0, 0.1) is 0 Å². The molecule has 0 fully saturated rings. The third-order valence-corrected chi connectivity index (χ3v) is 1.38. The maximum absolute atomic E-state index is 4.07. The molecule has 1 aliphatic rings. The van der Waals surface area contributed by atoms with Crippen LogP contribution in [0.15, 0.2) is 33.9 Å². The van der Waals surface area contributed by atoms with E-state index in [4.69, 9.17) is 0 Å². The van der Waals surface area contributed by atoms with Gasteiger partial charge in [-0.3, -0.25) is 9.98 Å². The van der Waals surface area contributed by atoms with Crippen LogP contribution in [-0.4, -0.2) is 19.0 Å². The summed E-state index contributed by atoms with van der Waals surface area (Å²) in [6.45, 7) is 1.98. The van der Waals surface area contributed by atoms with Gasteiger partial charge in [-0.2, -0.15) is 0 Å². The molecular weight excluding hydrogens is 124 g/mol. The molecular formula is C8H10N2. The van der Waals surface area contributed by atoms with E-state index in [0.717, 1.165) is 11.3 Å². The maximum atomic E-state index is 4.07. The van der Waals surface area contributed by atoms with Crippen LogP contribution in [0.1, 0.15) is 6.92 Å². The second-order valence-corrected chi connectivity index (χ2v) is 1.95. The summed E-state index contributed by atoms with van der Waals surface area (Å²) in [6.07, 6.45) is 7.45. The van der Waals surface area contributed by atoms with Gasteiger partial charge in [0.2, 0.25) is 0 Å². The van der Waals surface area contributed by atoms with Crippen molar-refractivity contribution in [3.63, 3.8) is 0 Å². The largest absolute Gasteiger partial charge is 0.288 e. The van der Waals surface area contributed by atoms with E-state index in [-0.39, 0.29) is 0 Å². The van der Waals surface area contributed by atoms with Crippen LogP contribution in [0.4, 0.5) is 0 Å². The first kappa shape index (κ1) is 6.93. The van der Waals surface area contributed by atoms with Gasteiger partial charge in [-0.1, -0.05) is 6.08 Å².